The molecule has 4 nitrogen and oxygen atoms in total. The Balaban J connectivity index is 1.93. The van der Waals surface area contributed by atoms with Crippen LogP contribution in [0.25, 0.3) is 22.0 Å². The van der Waals surface area contributed by atoms with Gasteiger partial charge in [-0.2, -0.15) is 5.10 Å². The van der Waals surface area contributed by atoms with Gasteiger partial charge < -0.3 is 10.4 Å². The molecule has 0 bridgehead atoms. The lowest BCUT2D eigenvalue weighted by Crippen LogP contribution is -2.32. The van der Waals surface area contributed by atoms with Crippen LogP contribution in [-0.2, 0) is 7.05 Å². The van der Waals surface area contributed by atoms with E-state index in [-0.39, 0.29) is 0 Å². The number of aryl methyl sites for hydroxylation is 1. The molecule has 0 unspecified atom stereocenters. The molecule has 23 heavy (non-hydrogen) atoms. The summed E-state index contributed by atoms with van der Waals surface area (Å²) in [5.74, 6) is 0. The van der Waals surface area contributed by atoms with Crippen molar-refractivity contribution >= 4 is 16.6 Å². The molecule has 0 aliphatic heterocycles. The summed E-state index contributed by atoms with van der Waals surface area (Å²) < 4.78 is 1.89. The molecule has 120 valence electrons. The van der Waals surface area contributed by atoms with E-state index in [0.717, 1.165) is 22.2 Å². The van der Waals surface area contributed by atoms with E-state index in [0.29, 0.717) is 13.0 Å². The summed E-state index contributed by atoms with van der Waals surface area (Å²) in [6.07, 6.45) is 2.63. The minimum Gasteiger partial charge on any atom is -0.388 e. The molecule has 1 aromatic heterocycles. The number of anilines is 1. The van der Waals surface area contributed by atoms with Crippen LogP contribution in [0.15, 0.2) is 48.7 Å². The molecule has 3 aromatic rings. The Labute approximate surface area is 136 Å². The summed E-state index contributed by atoms with van der Waals surface area (Å²) in [5.41, 5.74) is 3.75. The normalized spacial score (nSPS) is 13.9. The molecule has 1 atom stereocenters. The van der Waals surface area contributed by atoms with E-state index in [1.807, 2.05) is 43.9 Å². The molecule has 0 fully saturated rings. The van der Waals surface area contributed by atoms with E-state index >= 15 is 0 Å². The lowest BCUT2D eigenvalue weighted by Gasteiger charge is -2.22. The third-order valence-electron chi connectivity index (χ3n) is 4.40. The van der Waals surface area contributed by atoms with E-state index in [9.17, 15) is 5.11 Å². The van der Waals surface area contributed by atoms with Gasteiger partial charge in [0.1, 0.15) is 0 Å². The van der Waals surface area contributed by atoms with Gasteiger partial charge in [-0.25, -0.2) is 0 Å². The first-order chi connectivity index (χ1) is 11.0. The summed E-state index contributed by atoms with van der Waals surface area (Å²) in [7, 11) is 1.96. The fraction of sp³-hybridized carbons (Fsp3) is 0.316. The number of aliphatic hydroxyl groups is 1. The van der Waals surface area contributed by atoms with Gasteiger partial charge in [0.25, 0.3) is 0 Å². The summed E-state index contributed by atoms with van der Waals surface area (Å²) >= 11 is 0. The number of nitrogens with zero attached hydrogens (tertiary/aromatic N) is 2. The highest BCUT2D eigenvalue weighted by atomic mass is 16.3. The average molecular weight is 309 g/mol. The molecule has 0 aliphatic carbocycles. The third kappa shape index (κ3) is 3.22. The Hall–Kier alpha value is -2.33. The fourth-order valence-corrected chi connectivity index (χ4v) is 2.64. The van der Waals surface area contributed by atoms with Gasteiger partial charge in [-0.15, -0.1) is 0 Å². The lowest BCUT2D eigenvalue weighted by molar-refractivity contribution is 0.0697. The van der Waals surface area contributed by atoms with Crippen molar-refractivity contribution in [2.24, 2.45) is 7.05 Å². The number of benzene rings is 2. The molecule has 0 saturated carbocycles. The van der Waals surface area contributed by atoms with Crippen molar-refractivity contribution in [1.29, 1.82) is 0 Å². The van der Waals surface area contributed by atoms with Crippen molar-refractivity contribution in [2.45, 2.75) is 25.9 Å². The predicted octanol–water partition coefficient (Wildman–Crippen LogP) is 3.81. The van der Waals surface area contributed by atoms with Gasteiger partial charge in [-0.1, -0.05) is 31.2 Å². The molecular formula is C19H23N3O. The second-order valence-corrected chi connectivity index (χ2v) is 6.29. The van der Waals surface area contributed by atoms with Gasteiger partial charge in [-0.3, -0.25) is 4.68 Å². The standard InChI is InChI=1S/C19H23N3O/c1-4-19(2,23)13-20-15-8-5-7-14(11-15)16-9-6-10-18-17(16)12-21-22(18)3/h5-12,20,23H,4,13H2,1-3H3/t19-/m0/s1. The maximum absolute atomic E-state index is 10.1. The highest BCUT2D eigenvalue weighted by Gasteiger charge is 2.16. The Morgan fingerprint density at radius 3 is 2.78 bits per heavy atom. The molecule has 0 amide bonds. The van der Waals surface area contributed by atoms with Crippen LogP contribution in [-0.4, -0.2) is 27.0 Å². The average Bonchev–Trinajstić information content (AvgIpc) is 2.95. The molecule has 1 heterocycles. The van der Waals surface area contributed by atoms with Crippen LogP contribution in [0, 0.1) is 0 Å². The SMILES string of the molecule is CC[C@](C)(O)CNc1cccc(-c2cccc3c2cnn3C)c1. The second kappa shape index (κ2) is 6.05. The van der Waals surface area contributed by atoms with Gasteiger partial charge in [0.2, 0.25) is 0 Å². The fourth-order valence-electron chi connectivity index (χ4n) is 2.64. The highest BCUT2D eigenvalue weighted by Crippen LogP contribution is 2.30. The molecule has 2 aromatic carbocycles. The lowest BCUT2D eigenvalue weighted by atomic mass is 10.0. The van der Waals surface area contributed by atoms with Crippen molar-refractivity contribution in [3.05, 3.63) is 48.7 Å². The number of aromatic nitrogens is 2. The van der Waals surface area contributed by atoms with Crippen LogP contribution in [0.1, 0.15) is 20.3 Å². The van der Waals surface area contributed by atoms with Crippen LogP contribution in [0.3, 0.4) is 0 Å². The zero-order valence-electron chi connectivity index (χ0n) is 13.9. The number of rotatable bonds is 5. The van der Waals surface area contributed by atoms with Crippen LogP contribution >= 0.6 is 0 Å². The van der Waals surface area contributed by atoms with Gasteiger partial charge >= 0.3 is 0 Å². The number of nitrogens with one attached hydrogen (secondary N) is 1. The maximum atomic E-state index is 10.1. The first kappa shape index (κ1) is 15.6. The molecule has 0 saturated heterocycles. The zero-order chi connectivity index (χ0) is 16.4. The third-order valence-corrected chi connectivity index (χ3v) is 4.40. The van der Waals surface area contributed by atoms with E-state index in [4.69, 9.17) is 0 Å². The first-order valence-corrected chi connectivity index (χ1v) is 7.97. The van der Waals surface area contributed by atoms with Gasteiger partial charge in [0, 0.05) is 24.7 Å². The Kier molecular flexibility index (Phi) is 4.09. The van der Waals surface area contributed by atoms with Gasteiger partial charge in [0.05, 0.1) is 17.3 Å². The molecule has 4 heteroatoms. The van der Waals surface area contributed by atoms with Crippen LogP contribution in [0.5, 0.6) is 0 Å². The Morgan fingerprint density at radius 1 is 1.22 bits per heavy atom. The smallest absolute Gasteiger partial charge is 0.0788 e. The molecule has 2 N–H and O–H groups in total. The Morgan fingerprint density at radius 2 is 2.00 bits per heavy atom. The van der Waals surface area contributed by atoms with Gasteiger partial charge in [0.15, 0.2) is 0 Å². The number of hydrogen-bond acceptors (Lipinski definition) is 3. The maximum Gasteiger partial charge on any atom is 0.0788 e. The van der Waals surface area contributed by atoms with Crippen molar-refractivity contribution in [3.8, 4) is 11.1 Å². The molecule has 0 spiro atoms. The van der Waals surface area contributed by atoms with E-state index in [2.05, 4.69) is 40.7 Å². The molecule has 3 rings (SSSR count). The predicted molar refractivity (Wildman–Crippen MR) is 95.6 cm³/mol. The van der Waals surface area contributed by atoms with Gasteiger partial charge in [-0.05, 0) is 42.7 Å². The van der Waals surface area contributed by atoms with Crippen molar-refractivity contribution in [3.63, 3.8) is 0 Å². The first-order valence-electron chi connectivity index (χ1n) is 7.97. The van der Waals surface area contributed by atoms with Crippen molar-refractivity contribution in [2.75, 3.05) is 11.9 Å². The summed E-state index contributed by atoms with van der Waals surface area (Å²) in [5, 5.41) is 19.0. The minimum atomic E-state index is -0.695. The Bertz CT molecular complexity index is 820. The van der Waals surface area contributed by atoms with E-state index < -0.39 is 5.60 Å². The summed E-state index contributed by atoms with van der Waals surface area (Å²) in [4.78, 5) is 0. The van der Waals surface area contributed by atoms with E-state index in [1.54, 1.807) is 0 Å². The quantitative estimate of drug-likeness (QED) is 0.753. The van der Waals surface area contributed by atoms with E-state index in [1.165, 1.54) is 5.56 Å². The monoisotopic (exact) mass is 309 g/mol. The number of hydrogen-bond donors (Lipinski definition) is 2. The largest absolute Gasteiger partial charge is 0.388 e. The second-order valence-electron chi connectivity index (χ2n) is 6.29. The summed E-state index contributed by atoms with van der Waals surface area (Å²) in [6.45, 7) is 4.37. The highest BCUT2D eigenvalue weighted by molar-refractivity contribution is 5.95. The molecule has 0 radical (unpaired) electrons. The van der Waals surface area contributed by atoms with Crippen molar-refractivity contribution < 1.29 is 5.11 Å². The molecular weight excluding hydrogens is 286 g/mol. The summed E-state index contributed by atoms with van der Waals surface area (Å²) in [6, 6.07) is 14.5. The number of fused-ring (bicyclic) bond motifs is 1. The topological polar surface area (TPSA) is 50.1 Å². The van der Waals surface area contributed by atoms with Crippen LogP contribution in [0.4, 0.5) is 5.69 Å². The van der Waals surface area contributed by atoms with Crippen LogP contribution in [0.2, 0.25) is 0 Å². The van der Waals surface area contributed by atoms with Crippen molar-refractivity contribution in [1.82, 2.24) is 9.78 Å². The minimum absolute atomic E-state index is 0.532. The zero-order valence-corrected chi connectivity index (χ0v) is 13.9. The van der Waals surface area contributed by atoms with Crippen LogP contribution < -0.4 is 5.32 Å². The molecule has 0 aliphatic rings.